The maximum atomic E-state index is 12.0. The summed E-state index contributed by atoms with van der Waals surface area (Å²) in [4.78, 5) is 23.1. The van der Waals surface area contributed by atoms with Crippen molar-refractivity contribution in [2.24, 2.45) is 0 Å². The zero-order chi connectivity index (χ0) is 11.5. The highest BCUT2D eigenvalue weighted by Crippen LogP contribution is 2.15. The van der Waals surface area contributed by atoms with Crippen molar-refractivity contribution >= 4 is 27.7 Å². The first kappa shape index (κ1) is 10.9. The normalized spacial score (nSPS) is 14.7. The van der Waals surface area contributed by atoms with E-state index >= 15 is 0 Å². The largest absolute Gasteiger partial charge is 0.345 e. The molecule has 1 heterocycles. The molecule has 1 aliphatic heterocycles. The van der Waals surface area contributed by atoms with Gasteiger partial charge >= 0.3 is 6.03 Å². The first-order valence-electron chi connectivity index (χ1n) is 4.64. The van der Waals surface area contributed by atoms with Gasteiger partial charge < -0.3 is 5.32 Å². The first-order valence-corrected chi connectivity index (χ1v) is 5.76. The smallest absolute Gasteiger partial charge is 0.307 e. The number of hydrogen-bond donors (Lipinski definition) is 1. The van der Waals surface area contributed by atoms with Gasteiger partial charge in [-0.1, -0.05) is 46.3 Å². The summed E-state index contributed by atoms with van der Waals surface area (Å²) in [5, 5.41) is 6.58. The number of nitrogens with zero attached hydrogens (tertiary/aromatic N) is 1. The van der Waals surface area contributed by atoms with Crippen LogP contribution in [0.3, 0.4) is 0 Å². The Morgan fingerprint density at radius 2 is 2.00 bits per heavy atom. The summed E-state index contributed by atoms with van der Waals surface area (Å²) in [5.74, 6) is -0.242. The number of rotatable bonds is 3. The second kappa shape index (κ2) is 4.49. The van der Waals surface area contributed by atoms with Crippen LogP contribution in [-0.2, 0) is 0 Å². The summed E-state index contributed by atoms with van der Waals surface area (Å²) >= 11 is 3.20. The van der Waals surface area contributed by atoms with Crippen LogP contribution >= 0.6 is 15.9 Å². The molecule has 2 rings (SSSR count). The van der Waals surface area contributed by atoms with Gasteiger partial charge in [0, 0.05) is 10.9 Å². The minimum absolute atomic E-state index is 0.188. The lowest BCUT2D eigenvalue weighted by molar-refractivity contribution is 0.102. The molecule has 1 N–H and O–H groups in total. The maximum absolute atomic E-state index is 12.0. The Labute approximate surface area is 101 Å². The van der Waals surface area contributed by atoms with E-state index in [2.05, 4.69) is 26.6 Å². The fourth-order valence-corrected chi connectivity index (χ4v) is 1.80. The highest BCUT2D eigenvalue weighted by Gasteiger charge is 2.27. The predicted molar refractivity (Wildman–Crippen MR) is 62.3 cm³/mol. The third-order valence-corrected chi connectivity index (χ3v) is 2.70. The molecule has 0 atom stereocenters. The first-order chi connectivity index (χ1) is 7.72. The van der Waals surface area contributed by atoms with Gasteiger partial charge in [-0.3, -0.25) is 4.79 Å². The summed E-state index contributed by atoms with van der Waals surface area (Å²) < 4.78 is 0. The summed E-state index contributed by atoms with van der Waals surface area (Å²) in [6.45, 7) is 0. The number of allylic oxidation sites excluding steroid dienone is 2. The average molecular weight is 280 g/mol. The molecule has 0 spiro atoms. The summed E-state index contributed by atoms with van der Waals surface area (Å²) in [6, 6.07) is 8.26. The highest BCUT2D eigenvalue weighted by molar-refractivity contribution is 9.09. The molecule has 0 bridgehead atoms. The van der Waals surface area contributed by atoms with Crippen LogP contribution in [0.15, 0.2) is 41.7 Å². The van der Waals surface area contributed by atoms with Crippen molar-refractivity contribution < 1.29 is 9.59 Å². The second-order valence-corrected chi connectivity index (χ2v) is 3.76. The lowest BCUT2D eigenvalue weighted by Crippen LogP contribution is -2.19. The number of urea groups is 1. The molecular weight excluding hydrogens is 272 g/mol. The molecule has 2 amide bonds. The van der Waals surface area contributed by atoms with Crippen molar-refractivity contribution in [1.82, 2.24) is 10.6 Å². The Hall–Kier alpha value is -1.62. The fourth-order valence-electron chi connectivity index (χ4n) is 1.40. The monoisotopic (exact) mass is 279 g/mol. The van der Waals surface area contributed by atoms with Crippen LogP contribution in [0.1, 0.15) is 10.4 Å². The van der Waals surface area contributed by atoms with Gasteiger partial charge in [0.15, 0.2) is 0 Å². The van der Waals surface area contributed by atoms with Crippen molar-refractivity contribution in [3.05, 3.63) is 47.3 Å². The van der Waals surface area contributed by atoms with Gasteiger partial charge in [-0.2, -0.15) is 5.32 Å². The van der Waals surface area contributed by atoms with Crippen molar-refractivity contribution in [1.29, 1.82) is 0 Å². The van der Waals surface area contributed by atoms with Crippen LogP contribution in [-0.4, -0.2) is 17.1 Å². The van der Waals surface area contributed by atoms with E-state index in [4.69, 9.17) is 0 Å². The van der Waals surface area contributed by atoms with Crippen molar-refractivity contribution in [2.75, 3.05) is 5.33 Å². The van der Waals surface area contributed by atoms with Crippen LogP contribution in [0.25, 0.3) is 0 Å². The molecule has 4 nitrogen and oxygen atoms in total. The Balaban J connectivity index is 2.32. The molecule has 0 fully saturated rings. The van der Waals surface area contributed by atoms with Crippen LogP contribution in [0.4, 0.5) is 4.79 Å². The van der Waals surface area contributed by atoms with Crippen LogP contribution in [0, 0.1) is 0 Å². The van der Waals surface area contributed by atoms with Crippen LogP contribution < -0.4 is 10.6 Å². The number of carbonyl (C=O) groups is 2. The van der Waals surface area contributed by atoms with Gasteiger partial charge in [0.05, 0.1) is 5.70 Å². The third-order valence-electron chi connectivity index (χ3n) is 2.14. The van der Waals surface area contributed by atoms with E-state index in [-0.39, 0.29) is 11.5 Å². The van der Waals surface area contributed by atoms with Gasteiger partial charge in [0.2, 0.25) is 5.78 Å². The maximum Gasteiger partial charge on any atom is 0.345 e. The molecule has 0 aromatic heterocycles. The average Bonchev–Trinajstić information content (AvgIpc) is 2.70. The van der Waals surface area contributed by atoms with E-state index < -0.39 is 6.03 Å². The zero-order valence-electron chi connectivity index (χ0n) is 8.24. The SMILES string of the molecule is O=C1[N]C(C(=O)c2ccccc2)=C(CBr)N1. The topological polar surface area (TPSA) is 60.3 Å². The van der Waals surface area contributed by atoms with Crippen LogP contribution in [0.5, 0.6) is 0 Å². The minimum Gasteiger partial charge on any atom is -0.307 e. The minimum atomic E-state index is -0.492. The quantitative estimate of drug-likeness (QED) is 0.678. The highest BCUT2D eigenvalue weighted by atomic mass is 79.9. The second-order valence-electron chi connectivity index (χ2n) is 3.20. The Morgan fingerprint density at radius 1 is 1.31 bits per heavy atom. The number of Topliss-reactive ketones (excluding diaryl/α,β-unsaturated/α-hetero) is 1. The van der Waals surface area contributed by atoms with E-state index in [0.717, 1.165) is 0 Å². The lowest BCUT2D eigenvalue weighted by atomic mass is 10.1. The summed E-state index contributed by atoms with van der Waals surface area (Å²) in [7, 11) is 0. The molecule has 16 heavy (non-hydrogen) atoms. The van der Waals surface area contributed by atoms with E-state index in [1.54, 1.807) is 24.3 Å². The molecule has 0 saturated carbocycles. The molecule has 1 aromatic rings. The van der Waals surface area contributed by atoms with Crippen LogP contribution in [0.2, 0.25) is 0 Å². The van der Waals surface area contributed by atoms with Crippen molar-refractivity contribution in [3.63, 3.8) is 0 Å². The molecule has 1 radical (unpaired) electrons. The number of halogens is 1. The molecule has 1 aliphatic rings. The number of alkyl halides is 1. The number of nitrogens with one attached hydrogen (secondary N) is 1. The Kier molecular flexibility index (Phi) is 3.05. The van der Waals surface area contributed by atoms with Crippen molar-refractivity contribution in [3.8, 4) is 0 Å². The van der Waals surface area contributed by atoms with E-state index in [1.165, 1.54) is 0 Å². The molecule has 0 aliphatic carbocycles. The van der Waals surface area contributed by atoms with E-state index in [9.17, 15) is 9.59 Å². The van der Waals surface area contributed by atoms with Gasteiger partial charge in [0.1, 0.15) is 5.70 Å². The molecule has 1 aromatic carbocycles. The summed E-state index contributed by atoms with van der Waals surface area (Å²) in [6.07, 6.45) is 0. The lowest BCUT2D eigenvalue weighted by Gasteiger charge is -2.01. The predicted octanol–water partition coefficient (Wildman–Crippen LogP) is 1.80. The molecular formula is C11H8BrN2O2. The molecule has 0 saturated heterocycles. The third kappa shape index (κ3) is 1.99. The van der Waals surface area contributed by atoms with Gasteiger partial charge in [-0.15, -0.1) is 0 Å². The Morgan fingerprint density at radius 3 is 2.62 bits per heavy atom. The molecule has 0 unspecified atom stereocenters. The number of amides is 2. The number of ketones is 1. The Bertz CT molecular complexity index is 468. The zero-order valence-corrected chi connectivity index (χ0v) is 9.82. The van der Waals surface area contributed by atoms with Gasteiger partial charge in [0.25, 0.3) is 0 Å². The molecule has 81 valence electrons. The van der Waals surface area contributed by atoms with E-state index in [0.29, 0.717) is 16.6 Å². The molecule has 5 heteroatoms. The fraction of sp³-hybridized carbons (Fsp3) is 0.0909. The number of hydrogen-bond acceptors (Lipinski definition) is 2. The number of carbonyl (C=O) groups excluding carboxylic acids is 2. The number of benzene rings is 1. The van der Waals surface area contributed by atoms with E-state index in [1.807, 2.05) is 6.07 Å². The standard InChI is InChI=1S/C11H8BrN2O2/c12-6-8-9(14-11(16)13-8)10(15)7-4-2-1-3-5-7/h1-5H,6H2,(H,13,16). The van der Waals surface area contributed by atoms with Gasteiger partial charge in [-0.25, -0.2) is 4.79 Å². The summed E-state index contributed by atoms with van der Waals surface area (Å²) in [5.41, 5.74) is 1.23. The van der Waals surface area contributed by atoms with Crippen molar-refractivity contribution in [2.45, 2.75) is 0 Å². The van der Waals surface area contributed by atoms with Gasteiger partial charge in [-0.05, 0) is 0 Å².